The molecular weight excluding hydrogens is 440 g/mol. The number of aromatic nitrogens is 1. The zero-order chi connectivity index (χ0) is 23.9. The summed E-state index contributed by atoms with van der Waals surface area (Å²) in [6.45, 7) is 4.70. The molecule has 0 aliphatic carbocycles. The molecule has 0 saturated heterocycles. The van der Waals surface area contributed by atoms with Crippen LogP contribution in [0.15, 0.2) is 72.6 Å². The van der Waals surface area contributed by atoms with Crippen molar-refractivity contribution in [1.29, 1.82) is 0 Å². The maximum atomic E-state index is 13.3. The van der Waals surface area contributed by atoms with Crippen LogP contribution in [0.25, 0.3) is 17.0 Å². The third kappa shape index (κ3) is 3.67. The lowest BCUT2D eigenvalue weighted by molar-refractivity contribution is 0.0865. The first-order valence-corrected chi connectivity index (χ1v) is 11.8. The van der Waals surface area contributed by atoms with Crippen molar-refractivity contribution in [3.63, 3.8) is 0 Å². The third-order valence-electron chi connectivity index (χ3n) is 6.72. The summed E-state index contributed by atoms with van der Waals surface area (Å²) >= 11 is 0. The van der Waals surface area contributed by atoms with E-state index >= 15 is 0 Å². The highest BCUT2D eigenvalue weighted by Gasteiger charge is 2.34. The van der Waals surface area contributed by atoms with Gasteiger partial charge in [-0.2, -0.15) is 0 Å². The van der Waals surface area contributed by atoms with Crippen LogP contribution in [-0.2, 0) is 19.6 Å². The van der Waals surface area contributed by atoms with Gasteiger partial charge >= 0.3 is 0 Å². The Hall–Kier alpha value is -4.03. The molecule has 3 heterocycles. The number of aryl methyl sites for hydroxylation is 1. The second-order valence-electron chi connectivity index (χ2n) is 8.82. The van der Waals surface area contributed by atoms with Gasteiger partial charge in [-0.3, -0.25) is 9.69 Å². The summed E-state index contributed by atoms with van der Waals surface area (Å²) in [7, 11) is 1.68. The first-order valence-electron chi connectivity index (χ1n) is 11.8. The van der Waals surface area contributed by atoms with Crippen LogP contribution >= 0.6 is 0 Å². The number of ketones is 1. The number of hydrogen-bond donors (Lipinski definition) is 0. The summed E-state index contributed by atoms with van der Waals surface area (Å²) in [5, 5.41) is 1.10. The molecule has 0 fully saturated rings. The van der Waals surface area contributed by atoms with Crippen molar-refractivity contribution in [2.24, 2.45) is 0 Å². The fourth-order valence-electron chi connectivity index (χ4n) is 4.97. The van der Waals surface area contributed by atoms with Gasteiger partial charge in [0.05, 0.1) is 18.2 Å². The molecule has 6 rings (SSSR count). The number of ether oxygens (including phenoxy) is 3. The van der Waals surface area contributed by atoms with Crippen molar-refractivity contribution in [3.05, 3.63) is 94.9 Å². The zero-order valence-electron chi connectivity index (χ0n) is 19.8. The lowest BCUT2D eigenvalue weighted by atomic mass is 10.0. The quantitative estimate of drug-likeness (QED) is 0.357. The molecule has 0 amide bonds. The number of carbonyl (C=O) groups excluding carboxylic acids is 1. The molecule has 35 heavy (non-hydrogen) atoms. The number of fused-ring (bicyclic) bond motifs is 4. The number of nitrogens with zero attached hydrogens (tertiary/aromatic N) is 2. The lowest BCUT2D eigenvalue weighted by Crippen LogP contribution is -2.31. The SMILES string of the molecule is CCn1cc(/C=C2\Oc3c(ccc4c3CN(Cc3ccccc3OC)CO4)C2=O)c2ccccc21. The number of rotatable bonds is 5. The predicted molar refractivity (Wildman–Crippen MR) is 135 cm³/mol. The summed E-state index contributed by atoms with van der Waals surface area (Å²) in [6, 6.07) is 19.9. The number of para-hydroxylation sites is 2. The van der Waals surface area contributed by atoms with Crippen LogP contribution < -0.4 is 14.2 Å². The van der Waals surface area contributed by atoms with E-state index in [1.807, 2.05) is 48.5 Å². The minimum Gasteiger partial charge on any atom is -0.496 e. The van der Waals surface area contributed by atoms with E-state index in [1.165, 1.54) is 0 Å². The summed E-state index contributed by atoms with van der Waals surface area (Å²) in [4.78, 5) is 15.5. The molecule has 0 radical (unpaired) electrons. The summed E-state index contributed by atoms with van der Waals surface area (Å²) in [5.74, 6) is 2.45. The Morgan fingerprint density at radius 1 is 1.06 bits per heavy atom. The van der Waals surface area contributed by atoms with E-state index in [4.69, 9.17) is 14.2 Å². The molecule has 0 unspecified atom stereocenters. The average molecular weight is 467 g/mol. The van der Waals surface area contributed by atoms with E-state index < -0.39 is 0 Å². The molecule has 0 bridgehead atoms. The highest BCUT2D eigenvalue weighted by atomic mass is 16.5. The first kappa shape index (κ1) is 21.5. The predicted octanol–water partition coefficient (Wildman–Crippen LogP) is 5.64. The van der Waals surface area contributed by atoms with Gasteiger partial charge in [-0.25, -0.2) is 0 Å². The van der Waals surface area contributed by atoms with Gasteiger partial charge in [0.1, 0.15) is 24.0 Å². The third-order valence-corrected chi connectivity index (χ3v) is 6.72. The van der Waals surface area contributed by atoms with Gasteiger partial charge in [0, 0.05) is 47.9 Å². The van der Waals surface area contributed by atoms with Gasteiger partial charge in [-0.15, -0.1) is 0 Å². The van der Waals surface area contributed by atoms with E-state index in [0.29, 0.717) is 36.9 Å². The summed E-state index contributed by atoms with van der Waals surface area (Å²) in [5.41, 5.74) is 4.68. The Kier molecular flexibility index (Phi) is 5.30. The lowest BCUT2D eigenvalue weighted by Gasteiger charge is -2.30. The zero-order valence-corrected chi connectivity index (χ0v) is 19.8. The topological polar surface area (TPSA) is 52.9 Å². The van der Waals surface area contributed by atoms with Crippen LogP contribution in [0.5, 0.6) is 17.2 Å². The number of hydrogen-bond acceptors (Lipinski definition) is 5. The number of allylic oxidation sites excluding steroid dienone is 1. The normalized spacial score (nSPS) is 16.2. The van der Waals surface area contributed by atoms with E-state index in [-0.39, 0.29) is 5.78 Å². The van der Waals surface area contributed by atoms with Crippen LogP contribution in [0.2, 0.25) is 0 Å². The summed E-state index contributed by atoms with van der Waals surface area (Å²) in [6.07, 6.45) is 3.93. The maximum Gasteiger partial charge on any atom is 0.231 e. The molecular formula is C29H26N2O4. The standard InChI is InChI=1S/C29H26N2O4/c1-3-31-16-20(21-9-5-6-10-24(21)31)14-27-28(32)22-12-13-26-23(29(22)35-27)17-30(18-34-26)15-19-8-4-7-11-25(19)33-2/h4-14,16H,3,15,17-18H2,1-2H3/b27-14-. The Morgan fingerprint density at radius 2 is 1.89 bits per heavy atom. The van der Waals surface area contributed by atoms with Gasteiger partial charge in [0.25, 0.3) is 0 Å². The van der Waals surface area contributed by atoms with Crippen molar-refractivity contribution in [2.75, 3.05) is 13.8 Å². The molecule has 2 aliphatic heterocycles. The summed E-state index contributed by atoms with van der Waals surface area (Å²) < 4.78 is 20.0. The monoisotopic (exact) mass is 466 g/mol. The van der Waals surface area contributed by atoms with Gasteiger partial charge in [0.2, 0.25) is 5.78 Å². The maximum absolute atomic E-state index is 13.3. The van der Waals surface area contributed by atoms with Gasteiger partial charge in [0.15, 0.2) is 5.76 Å². The van der Waals surface area contributed by atoms with Crippen molar-refractivity contribution >= 4 is 22.8 Å². The Morgan fingerprint density at radius 3 is 2.74 bits per heavy atom. The molecule has 0 spiro atoms. The van der Waals surface area contributed by atoms with Crippen molar-refractivity contribution in [3.8, 4) is 17.2 Å². The number of methoxy groups -OCH3 is 1. The van der Waals surface area contributed by atoms with E-state index in [1.54, 1.807) is 7.11 Å². The molecule has 3 aromatic carbocycles. The molecule has 0 N–H and O–H groups in total. The van der Waals surface area contributed by atoms with Gasteiger partial charge in [-0.1, -0.05) is 36.4 Å². The van der Waals surface area contributed by atoms with E-state index in [2.05, 4.69) is 40.8 Å². The molecule has 1 aromatic heterocycles. The molecule has 0 saturated carbocycles. The largest absolute Gasteiger partial charge is 0.496 e. The number of benzene rings is 3. The molecule has 6 heteroatoms. The van der Waals surface area contributed by atoms with Crippen LogP contribution in [0.3, 0.4) is 0 Å². The van der Waals surface area contributed by atoms with Gasteiger partial charge in [-0.05, 0) is 37.3 Å². The Balaban J connectivity index is 1.32. The van der Waals surface area contributed by atoms with Crippen molar-refractivity contribution in [1.82, 2.24) is 9.47 Å². The highest BCUT2D eigenvalue weighted by molar-refractivity contribution is 6.15. The second kappa shape index (κ2) is 8.64. The number of carbonyl (C=O) groups is 1. The van der Waals surface area contributed by atoms with E-state index in [0.717, 1.165) is 45.6 Å². The van der Waals surface area contributed by atoms with Crippen LogP contribution in [0.4, 0.5) is 0 Å². The van der Waals surface area contributed by atoms with Crippen LogP contribution in [-0.4, -0.2) is 29.1 Å². The van der Waals surface area contributed by atoms with Crippen molar-refractivity contribution in [2.45, 2.75) is 26.6 Å². The molecule has 176 valence electrons. The fourth-order valence-corrected chi connectivity index (χ4v) is 4.97. The smallest absolute Gasteiger partial charge is 0.231 e. The van der Waals surface area contributed by atoms with E-state index in [9.17, 15) is 4.79 Å². The van der Waals surface area contributed by atoms with Crippen LogP contribution in [0.1, 0.15) is 34.0 Å². The highest BCUT2D eigenvalue weighted by Crippen LogP contribution is 2.42. The van der Waals surface area contributed by atoms with Crippen LogP contribution in [0, 0.1) is 0 Å². The minimum absolute atomic E-state index is 0.0991. The molecule has 2 aliphatic rings. The average Bonchev–Trinajstić information content (AvgIpc) is 3.42. The number of Topliss-reactive ketones (excluding diaryl/α,β-unsaturated/α-hetero) is 1. The Bertz CT molecular complexity index is 1480. The minimum atomic E-state index is -0.0991. The second-order valence-corrected chi connectivity index (χ2v) is 8.82. The van der Waals surface area contributed by atoms with Crippen molar-refractivity contribution < 1.29 is 19.0 Å². The molecule has 0 atom stereocenters. The Labute approximate surface area is 203 Å². The molecule has 4 aromatic rings. The van der Waals surface area contributed by atoms with Gasteiger partial charge < -0.3 is 18.8 Å². The first-order chi connectivity index (χ1) is 17.2. The molecule has 6 nitrogen and oxygen atoms in total. The fraction of sp³-hybridized carbons (Fsp3) is 0.207.